The number of thiol groups is 1. The third-order valence-electron chi connectivity index (χ3n) is 0.508. The Morgan fingerprint density at radius 1 is 2.00 bits per heavy atom. The van der Waals surface area contributed by atoms with Gasteiger partial charge in [0.15, 0.2) is 0 Å². The molecule has 4 nitrogen and oxygen atoms in total. The van der Waals surface area contributed by atoms with Gasteiger partial charge in [0.25, 0.3) is 6.41 Å². The van der Waals surface area contributed by atoms with Crippen molar-refractivity contribution in [3.8, 4) is 0 Å². The Bertz CT molecular complexity index is 85.8. The lowest BCUT2D eigenvalue weighted by atomic mass is 11.1. The molecule has 1 N–H and O–H groups in total. The third-order valence-corrected chi connectivity index (χ3v) is 0.688. The van der Waals surface area contributed by atoms with Gasteiger partial charge in [-0.2, -0.15) is 0 Å². The highest BCUT2D eigenvalue weighted by Gasteiger charge is 2.07. The molecule has 1 unspecified atom stereocenters. The molecule has 1 aliphatic heterocycles. The van der Waals surface area contributed by atoms with Crippen molar-refractivity contribution in [1.29, 1.82) is 0 Å². The van der Waals surface area contributed by atoms with Crippen molar-refractivity contribution in [1.82, 2.24) is 5.48 Å². The van der Waals surface area contributed by atoms with E-state index >= 15 is 0 Å². The number of nitrogens with zero attached hydrogens (tertiary/aromatic N) is 1. The van der Waals surface area contributed by atoms with Gasteiger partial charge in [0.1, 0.15) is 6.34 Å². The summed E-state index contributed by atoms with van der Waals surface area (Å²) in [6.45, 7) is 0. The molecule has 7 heavy (non-hydrogen) atoms. The first-order valence-electron chi connectivity index (χ1n) is 1.66. The van der Waals surface area contributed by atoms with E-state index in [1.54, 1.807) is 0 Å². The summed E-state index contributed by atoms with van der Waals surface area (Å²) in [6.07, 6.45) is 0.810. The molecule has 1 heterocycles. The number of aliphatic imine (C=N–C) groups is 1. The van der Waals surface area contributed by atoms with Crippen LogP contribution in [0, 0.1) is 0 Å². The molecule has 0 spiro atoms. The van der Waals surface area contributed by atoms with Gasteiger partial charge in [-0.1, -0.05) is 0 Å². The van der Waals surface area contributed by atoms with E-state index in [4.69, 9.17) is 0 Å². The summed E-state index contributed by atoms with van der Waals surface area (Å²) >= 11 is 3.44. The highest BCUT2D eigenvalue weighted by atomic mass is 32.1. The van der Waals surface area contributed by atoms with E-state index in [1.165, 1.54) is 6.34 Å². The van der Waals surface area contributed by atoms with Crippen molar-refractivity contribution in [2.45, 2.75) is 6.41 Å². The lowest BCUT2D eigenvalue weighted by Crippen LogP contribution is -2.10. The van der Waals surface area contributed by atoms with E-state index < -0.39 is 6.41 Å². The Hall–Kier alpha value is -0.260. The summed E-state index contributed by atoms with van der Waals surface area (Å²) in [5, 5.41) is 0. The molecule has 0 bridgehead atoms. The molecular weight excluding hydrogens is 116 g/mol. The fraction of sp³-hybridized carbons (Fsp3) is 0.500. The fourth-order valence-electron chi connectivity index (χ4n) is 0.259. The van der Waals surface area contributed by atoms with Crippen LogP contribution in [0.1, 0.15) is 0 Å². The molecule has 0 amide bonds. The van der Waals surface area contributed by atoms with Crippen molar-refractivity contribution in [2.75, 3.05) is 0 Å². The number of rotatable bonds is 1. The Kier molecular flexibility index (Phi) is 1.50. The summed E-state index contributed by atoms with van der Waals surface area (Å²) in [7, 11) is 0. The molecule has 0 radical (unpaired) electrons. The number of hydrogen-bond donors (Lipinski definition) is 2. The summed E-state index contributed by atoms with van der Waals surface area (Å²) < 4.78 is 4.32. The monoisotopic (exact) mass is 120 g/mol. The largest absolute Gasteiger partial charge is 0.292 e. The van der Waals surface area contributed by atoms with Gasteiger partial charge >= 0.3 is 0 Å². The van der Waals surface area contributed by atoms with Crippen LogP contribution in [0.15, 0.2) is 4.99 Å². The maximum absolute atomic E-state index is 4.53. The molecule has 0 fully saturated rings. The second-order valence-electron chi connectivity index (χ2n) is 0.926. The molecule has 1 aliphatic rings. The van der Waals surface area contributed by atoms with Crippen LogP contribution in [0.5, 0.6) is 0 Å². The molecule has 1 rings (SSSR count). The van der Waals surface area contributed by atoms with Gasteiger partial charge < -0.3 is 0 Å². The average Bonchev–Trinajstić information content (AvgIpc) is 2.14. The van der Waals surface area contributed by atoms with Gasteiger partial charge in [-0.05, 0) is 12.9 Å². The highest BCUT2D eigenvalue weighted by Crippen LogP contribution is 1.98. The molecule has 0 aromatic heterocycles. The Balaban J connectivity index is 2.28. The third kappa shape index (κ3) is 1.05. The van der Waals surface area contributed by atoms with Crippen molar-refractivity contribution in [3.05, 3.63) is 0 Å². The minimum Gasteiger partial charge on any atom is -0.264 e. The van der Waals surface area contributed by atoms with Crippen LogP contribution in [0.25, 0.3) is 0 Å². The Morgan fingerprint density at radius 3 is 3.14 bits per heavy atom. The topological polar surface area (TPSA) is 42.8 Å². The zero-order valence-corrected chi connectivity index (χ0v) is 4.26. The van der Waals surface area contributed by atoms with Crippen LogP contribution >= 0.6 is 12.9 Å². The van der Waals surface area contributed by atoms with Gasteiger partial charge in [-0.15, -0.1) is 0 Å². The summed E-state index contributed by atoms with van der Waals surface area (Å²) in [5.74, 6) is 0. The van der Waals surface area contributed by atoms with Crippen molar-refractivity contribution in [3.63, 3.8) is 0 Å². The van der Waals surface area contributed by atoms with Crippen molar-refractivity contribution < 1.29 is 9.02 Å². The van der Waals surface area contributed by atoms with Crippen LogP contribution < -0.4 is 5.48 Å². The maximum Gasteiger partial charge on any atom is 0.292 e. The van der Waals surface area contributed by atoms with Gasteiger partial charge in [-0.3, -0.25) is 9.66 Å². The van der Waals surface area contributed by atoms with Crippen LogP contribution in [0.4, 0.5) is 0 Å². The summed E-state index contributed by atoms with van der Waals surface area (Å²) in [6, 6.07) is 0. The number of nitrogens with one attached hydrogen (secondary N) is 1. The zero-order chi connectivity index (χ0) is 5.11. The van der Waals surface area contributed by atoms with E-state index in [0.717, 1.165) is 0 Å². The first-order valence-corrected chi connectivity index (χ1v) is 2.03. The molecule has 0 aliphatic carbocycles. The van der Waals surface area contributed by atoms with Gasteiger partial charge in [0.2, 0.25) is 0 Å². The van der Waals surface area contributed by atoms with E-state index in [9.17, 15) is 0 Å². The quantitative estimate of drug-likeness (QED) is 0.368. The second-order valence-corrected chi connectivity index (χ2v) is 1.14. The summed E-state index contributed by atoms with van der Waals surface area (Å²) in [5.41, 5.74) is 2.36. The SMILES string of the molecule is SOC1N=CNO1. The van der Waals surface area contributed by atoms with Gasteiger partial charge in [0.05, 0.1) is 0 Å². The van der Waals surface area contributed by atoms with E-state index in [2.05, 4.69) is 32.4 Å². The van der Waals surface area contributed by atoms with Crippen LogP contribution in [0.2, 0.25) is 0 Å². The normalized spacial score (nSPS) is 27.9. The molecule has 5 heteroatoms. The van der Waals surface area contributed by atoms with Crippen molar-refractivity contribution >= 4 is 19.2 Å². The van der Waals surface area contributed by atoms with Gasteiger partial charge in [0, 0.05) is 0 Å². The lowest BCUT2D eigenvalue weighted by molar-refractivity contribution is -0.0721. The maximum atomic E-state index is 4.53. The van der Waals surface area contributed by atoms with Gasteiger partial charge in [-0.25, -0.2) is 9.83 Å². The van der Waals surface area contributed by atoms with Crippen LogP contribution in [0.3, 0.4) is 0 Å². The second kappa shape index (κ2) is 2.15. The smallest absolute Gasteiger partial charge is 0.264 e. The highest BCUT2D eigenvalue weighted by molar-refractivity contribution is 7.75. The van der Waals surface area contributed by atoms with E-state index in [-0.39, 0.29) is 0 Å². The molecule has 1 atom stereocenters. The molecule has 0 saturated heterocycles. The predicted molar refractivity (Wildman–Crippen MR) is 26.6 cm³/mol. The van der Waals surface area contributed by atoms with E-state index in [1.807, 2.05) is 0 Å². The van der Waals surface area contributed by atoms with E-state index in [0.29, 0.717) is 0 Å². The minimum atomic E-state index is -0.580. The number of hydroxylamine groups is 1. The van der Waals surface area contributed by atoms with Crippen molar-refractivity contribution in [2.24, 2.45) is 4.99 Å². The molecule has 0 saturated carbocycles. The minimum absolute atomic E-state index is 0.580. The first kappa shape index (κ1) is 4.89. The first-order chi connectivity index (χ1) is 3.43. The number of hydrogen-bond acceptors (Lipinski definition) is 5. The van der Waals surface area contributed by atoms with Crippen LogP contribution in [-0.2, 0) is 9.02 Å². The molecule has 0 aromatic carbocycles. The predicted octanol–water partition coefficient (Wildman–Crippen LogP) is -0.306. The average molecular weight is 120 g/mol. The molecular formula is C2H4N2O2S. The molecule has 40 valence electrons. The Labute approximate surface area is 46.1 Å². The molecule has 0 aromatic rings. The summed E-state index contributed by atoms with van der Waals surface area (Å²) in [4.78, 5) is 8.13. The standard InChI is InChI=1S/C2H4N2O2S/c7-6-2-3-1-4-5-2/h1-2,7H,(H,3,4). The van der Waals surface area contributed by atoms with Crippen LogP contribution in [-0.4, -0.2) is 12.8 Å². The lowest BCUT2D eigenvalue weighted by Gasteiger charge is -1.97. The zero-order valence-electron chi connectivity index (χ0n) is 3.37. The fourth-order valence-corrected chi connectivity index (χ4v) is 0.357. The Morgan fingerprint density at radius 2 is 2.86 bits per heavy atom.